The molecule has 14 nitrogen and oxygen atoms in total. The third-order valence-electron chi connectivity index (χ3n) is 11.6. The molecule has 8 rings (SSSR count). The van der Waals surface area contributed by atoms with Gasteiger partial charge in [-0.1, -0.05) is 53.5 Å². The molecule has 2 N–H and O–H groups in total. The monoisotopic (exact) mass is 835 g/mol. The van der Waals surface area contributed by atoms with Gasteiger partial charge in [0.15, 0.2) is 11.5 Å². The lowest BCUT2D eigenvalue weighted by Gasteiger charge is -2.40. The number of amides is 2. The van der Waals surface area contributed by atoms with Crippen LogP contribution in [0.15, 0.2) is 52.1 Å². The van der Waals surface area contributed by atoms with Crippen molar-refractivity contribution < 1.29 is 23.0 Å². The van der Waals surface area contributed by atoms with Crippen molar-refractivity contribution in [2.45, 2.75) is 43.7 Å². The maximum atomic E-state index is 13.9. The van der Waals surface area contributed by atoms with E-state index in [1.54, 1.807) is 32.4 Å². The normalized spacial score (nSPS) is 19.4. The van der Waals surface area contributed by atoms with Crippen LogP contribution in [-0.4, -0.2) is 92.5 Å². The molecule has 2 fully saturated rings. The maximum Gasteiger partial charge on any atom is 0.332 e. The number of aromatic nitrogens is 5. The molecule has 2 aromatic carbocycles. The molecular formula is C40H41Cl2F2N9O5. The Bertz CT molecular complexity index is 2590. The molecule has 3 aliphatic rings. The van der Waals surface area contributed by atoms with E-state index in [-0.39, 0.29) is 45.2 Å². The van der Waals surface area contributed by atoms with Crippen LogP contribution >= 0.6 is 23.2 Å². The maximum absolute atomic E-state index is 13.9. The highest BCUT2D eigenvalue weighted by Gasteiger charge is 2.46. The summed E-state index contributed by atoms with van der Waals surface area (Å²) in [5.74, 6) is -0.582. The van der Waals surface area contributed by atoms with Crippen LogP contribution in [0.25, 0.3) is 33.4 Å². The molecule has 1 unspecified atom stereocenters. The summed E-state index contributed by atoms with van der Waals surface area (Å²) in [4.78, 5) is 55.9. The minimum atomic E-state index is -3.08. The van der Waals surface area contributed by atoms with Crippen molar-refractivity contribution in [2.75, 3.05) is 52.3 Å². The van der Waals surface area contributed by atoms with Gasteiger partial charge in [0.25, 0.3) is 12.0 Å². The van der Waals surface area contributed by atoms with Crippen LogP contribution in [0.2, 0.25) is 10.0 Å². The van der Waals surface area contributed by atoms with Crippen molar-refractivity contribution in [1.29, 1.82) is 0 Å². The summed E-state index contributed by atoms with van der Waals surface area (Å²) >= 11 is 14.2. The standard InChI is InChI=1S/C40H41Cl2F2N9O5/c1-50-35-29(37(54)51(2)39(50)56)33(47-34(48-35)32(43)44)45-25-10-6-8-23(31(25)42)22-7-5-9-24(30(22)41)26-19-21-11-12-27(28(21)36(46-26)58-4)53-16-14-40(20-53)13-15-52(17-18-57-3)38(55)49-40/h5-10,19,27,32H,11-18,20H2,1-4H3,(H,49,55)(H,45,47,48)/t27-,40?/m1/s1. The second kappa shape index (κ2) is 15.5. The van der Waals surface area contributed by atoms with Crippen molar-refractivity contribution in [1.82, 2.24) is 39.2 Å². The van der Waals surface area contributed by atoms with Gasteiger partial charge in [-0.25, -0.2) is 33.3 Å². The number of aryl methyl sites for hydroxylation is 2. The number of carbonyl (C=O) groups excluding carboxylic acids is 1. The number of ether oxygens (including phenoxy) is 2. The number of rotatable bonds is 10. The summed E-state index contributed by atoms with van der Waals surface area (Å²) in [6.45, 7) is 3.34. The van der Waals surface area contributed by atoms with E-state index in [0.717, 1.165) is 59.0 Å². The highest BCUT2D eigenvalue weighted by atomic mass is 35.5. The Balaban J connectivity index is 1.09. The van der Waals surface area contributed by atoms with Crippen LogP contribution in [0.1, 0.15) is 48.7 Å². The molecular weight excluding hydrogens is 795 g/mol. The second-order valence-electron chi connectivity index (χ2n) is 14.9. The number of nitrogens with zero attached hydrogens (tertiary/aromatic N) is 7. The van der Waals surface area contributed by atoms with E-state index in [0.29, 0.717) is 53.0 Å². The smallest absolute Gasteiger partial charge is 0.332 e. The second-order valence-corrected chi connectivity index (χ2v) is 15.7. The number of hydrogen-bond donors (Lipinski definition) is 2. The number of methoxy groups -OCH3 is 2. The lowest BCUT2D eigenvalue weighted by Crippen LogP contribution is -2.61. The molecule has 2 atom stereocenters. The zero-order chi connectivity index (χ0) is 41.0. The number of likely N-dealkylation sites (tertiary alicyclic amines) is 1. The van der Waals surface area contributed by atoms with Gasteiger partial charge in [0.05, 0.1) is 40.7 Å². The van der Waals surface area contributed by atoms with Crippen LogP contribution in [0.4, 0.5) is 25.1 Å². The number of halogens is 4. The van der Waals surface area contributed by atoms with Crippen molar-refractivity contribution >= 4 is 51.8 Å². The van der Waals surface area contributed by atoms with Crippen LogP contribution in [-0.2, 0) is 25.3 Å². The molecule has 3 aromatic heterocycles. The molecule has 2 amide bonds. The predicted octanol–water partition coefficient (Wildman–Crippen LogP) is 6.25. The Morgan fingerprint density at radius 2 is 1.69 bits per heavy atom. The first-order chi connectivity index (χ1) is 27.8. The molecule has 5 aromatic rings. The zero-order valence-electron chi connectivity index (χ0n) is 32.2. The minimum Gasteiger partial charge on any atom is -0.481 e. The van der Waals surface area contributed by atoms with Crippen molar-refractivity contribution in [3.63, 3.8) is 0 Å². The topological polar surface area (TPSA) is 149 Å². The van der Waals surface area contributed by atoms with E-state index in [4.69, 9.17) is 37.7 Å². The van der Waals surface area contributed by atoms with E-state index in [9.17, 15) is 23.2 Å². The summed E-state index contributed by atoms with van der Waals surface area (Å²) < 4.78 is 40.9. The SMILES string of the molecule is COCCN1CCC2(CCN([C@@H]3CCc4cc(-c5cccc(-c6cccc(Nc7nc(C(F)F)nc8c7c(=O)n(C)c(=O)n8C)c6Cl)c5Cl)nc(OC)c43)C2)NC1=O. The summed E-state index contributed by atoms with van der Waals surface area (Å²) in [5.41, 5.74) is 2.74. The van der Waals surface area contributed by atoms with Crippen molar-refractivity contribution in [2.24, 2.45) is 14.1 Å². The molecule has 2 aliphatic heterocycles. The number of anilines is 2. The van der Waals surface area contributed by atoms with Gasteiger partial charge in [0.1, 0.15) is 11.2 Å². The Hall–Kier alpha value is -5.16. The van der Waals surface area contributed by atoms with Crippen LogP contribution in [0.3, 0.4) is 0 Å². The molecule has 18 heteroatoms. The summed E-state index contributed by atoms with van der Waals surface area (Å²) in [7, 11) is 5.86. The number of carbonyl (C=O) groups is 1. The van der Waals surface area contributed by atoms with Crippen molar-refractivity contribution in [3.05, 3.63) is 90.3 Å². The van der Waals surface area contributed by atoms with Gasteiger partial charge in [0.2, 0.25) is 5.88 Å². The number of alkyl halides is 2. The fraction of sp³-hybridized carbons (Fsp3) is 0.400. The Kier molecular flexibility index (Phi) is 10.6. The van der Waals surface area contributed by atoms with Crippen LogP contribution < -0.4 is 26.6 Å². The molecule has 2 saturated heterocycles. The van der Waals surface area contributed by atoms with E-state index >= 15 is 0 Å². The molecule has 0 radical (unpaired) electrons. The molecule has 1 aliphatic carbocycles. The fourth-order valence-electron chi connectivity index (χ4n) is 8.52. The third-order valence-corrected chi connectivity index (χ3v) is 12.4. The first-order valence-electron chi connectivity index (χ1n) is 18.8. The predicted molar refractivity (Wildman–Crippen MR) is 217 cm³/mol. The lowest BCUT2D eigenvalue weighted by atomic mass is 9.92. The van der Waals surface area contributed by atoms with Gasteiger partial charge in [-0.2, -0.15) is 0 Å². The molecule has 1 spiro atoms. The summed E-state index contributed by atoms with van der Waals surface area (Å²) in [6.07, 6.45) is 0.341. The first-order valence-corrected chi connectivity index (χ1v) is 19.6. The number of pyridine rings is 1. The number of hydrogen-bond acceptors (Lipinski definition) is 10. The van der Waals surface area contributed by atoms with E-state index < -0.39 is 23.5 Å². The minimum absolute atomic E-state index is 0.0479. The first kappa shape index (κ1) is 39.7. The van der Waals surface area contributed by atoms with Gasteiger partial charge < -0.3 is 25.0 Å². The third kappa shape index (κ3) is 6.84. The molecule has 5 heterocycles. The van der Waals surface area contributed by atoms with Crippen LogP contribution in [0.5, 0.6) is 5.88 Å². The number of urea groups is 1. The number of fused-ring (bicyclic) bond motifs is 2. The lowest BCUT2D eigenvalue weighted by molar-refractivity contribution is 0.114. The molecule has 304 valence electrons. The highest BCUT2D eigenvalue weighted by molar-refractivity contribution is 6.39. The largest absolute Gasteiger partial charge is 0.481 e. The van der Waals surface area contributed by atoms with Crippen LogP contribution in [0, 0.1) is 0 Å². The van der Waals surface area contributed by atoms with Gasteiger partial charge in [-0.05, 0) is 43.4 Å². The molecule has 0 bridgehead atoms. The number of benzene rings is 2. The van der Waals surface area contributed by atoms with Gasteiger partial charge in [0, 0.05) is 75.7 Å². The molecule has 0 saturated carbocycles. The molecule has 58 heavy (non-hydrogen) atoms. The zero-order valence-corrected chi connectivity index (χ0v) is 33.8. The van der Waals surface area contributed by atoms with E-state index in [2.05, 4.69) is 31.6 Å². The van der Waals surface area contributed by atoms with E-state index in [1.807, 2.05) is 23.1 Å². The van der Waals surface area contributed by atoms with Gasteiger partial charge in [-0.15, -0.1) is 0 Å². The highest BCUT2D eigenvalue weighted by Crippen LogP contribution is 2.47. The Morgan fingerprint density at radius 1 is 0.966 bits per heavy atom. The summed E-state index contributed by atoms with van der Waals surface area (Å²) in [6, 6.07) is 12.7. The van der Waals surface area contributed by atoms with E-state index in [1.165, 1.54) is 14.1 Å². The van der Waals surface area contributed by atoms with Gasteiger partial charge in [-0.3, -0.25) is 18.8 Å². The summed E-state index contributed by atoms with van der Waals surface area (Å²) in [5, 5.41) is 6.65. The fourth-order valence-corrected chi connectivity index (χ4v) is 9.12. The van der Waals surface area contributed by atoms with Gasteiger partial charge >= 0.3 is 11.7 Å². The average molecular weight is 837 g/mol. The Morgan fingerprint density at radius 3 is 2.41 bits per heavy atom. The average Bonchev–Trinajstić information content (AvgIpc) is 3.83. The van der Waals surface area contributed by atoms with Crippen molar-refractivity contribution in [3.8, 4) is 28.3 Å². The Labute approximate surface area is 341 Å². The quantitative estimate of drug-likeness (QED) is 0.166. The number of nitrogens with one attached hydrogen (secondary N) is 2.